The second kappa shape index (κ2) is 6.04. The molecule has 4 heteroatoms. The van der Waals surface area contributed by atoms with E-state index in [4.69, 9.17) is 9.47 Å². The van der Waals surface area contributed by atoms with Crippen LogP contribution in [0.15, 0.2) is 30.3 Å². The fraction of sp³-hybridized carbons (Fsp3) is 0.562. The highest BCUT2D eigenvalue weighted by molar-refractivity contribution is 5.85. The molecule has 0 amide bonds. The summed E-state index contributed by atoms with van der Waals surface area (Å²) in [6.45, 7) is 1.99. The summed E-state index contributed by atoms with van der Waals surface area (Å²) in [7, 11) is 3.10. The summed E-state index contributed by atoms with van der Waals surface area (Å²) in [5, 5.41) is 10.6. The first kappa shape index (κ1) is 15.2. The third kappa shape index (κ3) is 2.39. The van der Waals surface area contributed by atoms with E-state index in [9.17, 15) is 9.90 Å². The summed E-state index contributed by atoms with van der Waals surface area (Å²) in [6, 6.07) is 9.28. The highest BCUT2D eigenvalue weighted by atomic mass is 16.7. The summed E-state index contributed by atoms with van der Waals surface area (Å²) >= 11 is 0. The predicted octanol–water partition coefficient (Wildman–Crippen LogP) is 2.32. The van der Waals surface area contributed by atoms with Crippen LogP contribution in [0.3, 0.4) is 0 Å². The van der Waals surface area contributed by atoms with Crippen LogP contribution in [-0.2, 0) is 14.3 Å². The first-order chi connectivity index (χ1) is 9.59. The lowest BCUT2D eigenvalue weighted by atomic mass is 9.83. The molecule has 2 rings (SSSR count). The zero-order valence-electron chi connectivity index (χ0n) is 12.2. The van der Waals surface area contributed by atoms with Crippen molar-refractivity contribution in [3.8, 4) is 0 Å². The molecule has 1 aromatic rings. The molecule has 4 nitrogen and oxygen atoms in total. The van der Waals surface area contributed by atoms with Gasteiger partial charge in [0, 0.05) is 20.1 Å². The van der Waals surface area contributed by atoms with E-state index in [0.29, 0.717) is 6.42 Å². The molecule has 0 bridgehead atoms. The van der Waals surface area contributed by atoms with E-state index in [2.05, 4.69) is 0 Å². The maximum atomic E-state index is 12.4. The van der Waals surface area contributed by atoms with Gasteiger partial charge < -0.3 is 14.6 Å². The Morgan fingerprint density at radius 2 is 1.90 bits per heavy atom. The lowest BCUT2D eigenvalue weighted by Gasteiger charge is -2.34. The Morgan fingerprint density at radius 1 is 1.30 bits per heavy atom. The number of aliphatic hydroxyl groups excluding tert-OH is 1. The van der Waals surface area contributed by atoms with Gasteiger partial charge in [0.25, 0.3) is 0 Å². The summed E-state index contributed by atoms with van der Waals surface area (Å²) in [5.74, 6) is -1.55. The lowest BCUT2D eigenvalue weighted by Crippen LogP contribution is -2.40. The highest BCUT2D eigenvalue weighted by Crippen LogP contribution is 2.47. The van der Waals surface area contributed by atoms with Crippen LogP contribution in [0.25, 0.3) is 0 Å². The van der Waals surface area contributed by atoms with Gasteiger partial charge in [-0.25, -0.2) is 0 Å². The van der Waals surface area contributed by atoms with E-state index in [1.54, 1.807) is 14.2 Å². The topological polar surface area (TPSA) is 55.8 Å². The number of carbonyl (C=O) groups excluding carboxylic acids is 1. The van der Waals surface area contributed by atoms with Crippen LogP contribution in [-0.4, -0.2) is 30.9 Å². The Morgan fingerprint density at radius 3 is 2.40 bits per heavy atom. The van der Waals surface area contributed by atoms with Crippen molar-refractivity contribution in [2.45, 2.75) is 31.7 Å². The molecule has 1 aliphatic rings. The molecule has 3 atom stereocenters. The Hall–Kier alpha value is -1.23. The van der Waals surface area contributed by atoms with Crippen LogP contribution in [0, 0.1) is 11.8 Å². The zero-order chi connectivity index (χ0) is 14.8. The van der Waals surface area contributed by atoms with Crippen LogP contribution in [0.1, 0.15) is 31.4 Å². The van der Waals surface area contributed by atoms with E-state index in [-0.39, 0.29) is 18.1 Å². The van der Waals surface area contributed by atoms with E-state index < -0.39 is 17.8 Å². The first-order valence-corrected chi connectivity index (χ1v) is 6.95. The monoisotopic (exact) mass is 278 g/mol. The third-order valence-corrected chi connectivity index (χ3v) is 4.40. The number of aliphatic hydroxyl groups is 1. The molecular formula is C16H22O4. The Kier molecular flexibility index (Phi) is 4.58. The largest absolute Gasteiger partial charge is 0.388 e. The van der Waals surface area contributed by atoms with Crippen molar-refractivity contribution in [1.29, 1.82) is 0 Å². The molecule has 1 aliphatic carbocycles. The molecule has 0 heterocycles. The third-order valence-electron chi connectivity index (χ3n) is 4.40. The normalized spacial score (nSPS) is 26.7. The number of carbonyl (C=O) groups is 1. The molecule has 1 aromatic carbocycles. The molecule has 20 heavy (non-hydrogen) atoms. The van der Waals surface area contributed by atoms with Crippen LogP contribution in [0.2, 0.25) is 0 Å². The summed E-state index contributed by atoms with van der Waals surface area (Å²) in [5.41, 5.74) is 0.757. The van der Waals surface area contributed by atoms with Gasteiger partial charge in [-0.2, -0.15) is 0 Å². The second-order valence-electron chi connectivity index (χ2n) is 5.26. The SMILES string of the molecule is CC[C@@H]1[C@@H]([C@@H](O)c2ccccc2)C(=O)CC1(OC)OC. The number of ether oxygens (including phenoxy) is 2. The van der Waals surface area contributed by atoms with E-state index in [1.165, 1.54) is 0 Å². The molecule has 1 saturated carbocycles. The maximum Gasteiger partial charge on any atom is 0.178 e. The number of benzene rings is 1. The number of hydrogen-bond acceptors (Lipinski definition) is 4. The molecule has 0 aliphatic heterocycles. The number of rotatable bonds is 5. The van der Waals surface area contributed by atoms with Crippen molar-refractivity contribution < 1.29 is 19.4 Å². The standard InChI is InChI=1S/C16H22O4/c1-4-12-14(13(17)10-16(12,19-2)20-3)15(18)11-8-6-5-7-9-11/h5-9,12,14-15,18H,4,10H2,1-3H3/t12-,14-,15+/m1/s1. The minimum Gasteiger partial charge on any atom is -0.388 e. The summed E-state index contributed by atoms with van der Waals surface area (Å²) < 4.78 is 11.0. The molecule has 0 aromatic heterocycles. The van der Waals surface area contributed by atoms with Crippen molar-refractivity contribution in [3.63, 3.8) is 0 Å². The Balaban J connectivity index is 2.33. The quantitative estimate of drug-likeness (QED) is 0.840. The average Bonchev–Trinajstić information content (AvgIpc) is 2.79. The van der Waals surface area contributed by atoms with Gasteiger partial charge in [-0.1, -0.05) is 37.3 Å². The number of Topliss-reactive ketones (excluding diaryl/α,β-unsaturated/α-hetero) is 1. The summed E-state index contributed by atoms with van der Waals surface area (Å²) in [6.07, 6.45) is 0.0792. The summed E-state index contributed by atoms with van der Waals surface area (Å²) in [4.78, 5) is 12.4. The predicted molar refractivity (Wildman–Crippen MR) is 75.0 cm³/mol. The number of ketones is 1. The minimum absolute atomic E-state index is 0.00287. The van der Waals surface area contributed by atoms with E-state index in [1.807, 2.05) is 37.3 Å². The Labute approximate surface area is 119 Å². The van der Waals surface area contributed by atoms with Crippen LogP contribution in [0.5, 0.6) is 0 Å². The van der Waals surface area contributed by atoms with Crippen molar-refractivity contribution in [2.75, 3.05) is 14.2 Å². The van der Waals surface area contributed by atoms with Gasteiger partial charge >= 0.3 is 0 Å². The molecule has 0 saturated heterocycles. The van der Waals surface area contributed by atoms with E-state index in [0.717, 1.165) is 5.56 Å². The Bertz CT molecular complexity index is 453. The molecule has 110 valence electrons. The van der Waals surface area contributed by atoms with Crippen molar-refractivity contribution in [3.05, 3.63) is 35.9 Å². The zero-order valence-corrected chi connectivity index (χ0v) is 12.2. The van der Waals surface area contributed by atoms with Gasteiger partial charge in [0.2, 0.25) is 0 Å². The van der Waals surface area contributed by atoms with Gasteiger partial charge in [0.15, 0.2) is 5.79 Å². The number of methoxy groups -OCH3 is 2. The lowest BCUT2D eigenvalue weighted by molar-refractivity contribution is -0.234. The molecule has 1 fully saturated rings. The number of hydrogen-bond donors (Lipinski definition) is 1. The molecule has 0 unspecified atom stereocenters. The van der Waals surface area contributed by atoms with Gasteiger partial charge in [0.05, 0.1) is 18.4 Å². The van der Waals surface area contributed by atoms with Crippen molar-refractivity contribution in [2.24, 2.45) is 11.8 Å². The van der Waals surface area contributed by atoms with Gasteiger partial charge in [0.1, 0.15) is 5.78 Å². The minimum atomic E-state index is -0.910. The molecular weight excluding hydrogens is 256 g/mol. The first-order valence-electron chi connectivity index (χ1n) is 6.95. The van der Waals surface area contributed by atoms with Crippen LogP contribution in [0.4, 0.5) is 0 Å². The van der Waals surface area contributed by atoms with Crippen molar-refractivity contribution in [1.82, 2.24) is 0 Å². The fourth-order valence-electron chi connectivity index (χ4n) is 3.34. The maximum absolute atomic E-state index is 12.4. The van der Waals surface area contributed by atoms with Crippen LogP contribution < -0.4 is 0 Å². The molecule has 1 N–H and O–H groups in total. The smallest absolute Gasteiger partial charge is 0.178 e. The highest BCUT2D eigenvalue weighted by Gasteiger charge is 2.55. The van der Waals surface area contributed by atoms with Gasteiger partial charge in [-0.3, -0.25) is 4.79 Å². The second-order valence-corrected chi connectivity index (χ2v) is 5.26. The van der Waals surface area contributed by atoms with Crippen molar-refractivity contribution >= 4 is 5.78 Å². The van der Waals surface area contributed by atoms with Crippen LogP contribution >= 0.6 is 0 Å². The van der Waals surface area contributed by atoms with Gasteiger partial charge in [-0.15, -0.1) is 0 Å². The molecule has 0 radical (unpaired) electrons. The fourth-order valence-corrected chi connectivity index (χ4v) is 3.34. The van der Waals surface area contributed by atoms with Gasteiger partial charge in [-0.05, 0) is 12.0 Å². The van der Waals surface area contributed by atoms with E-state index >= 15 is 0 Å². The average molecular weight is 278 g/mol. The molecule has 0 spiro atoms.